The molecule has 3 aromatic carbocycles. The second kappa shape index (κ2) is 6.34. The van der Waals surface area contributed by atoms with Crippen LogP contribution >= 0.6 is 11.6 Å². The predicted octanol–water partition coefficient (Wildman–Crippen LogP) is 6.83. The van der Waals surface area contributed by atoms with Crippen LogP contribution in [0.2, 0.25) is 5.02 Å². The molecule has 3 atom stereocenters. The topological polar surface area (TPSA) is 12.0 Å². The van der Waals surface area contributed by atoms with E-state index in [0.717, 1.165) is 11.4 Å². The van der Waals surface area contributed by atoms with E-state index in [1.165, 1.54) is 27.9 Å². The van der Waals surface area contributed by atoms with Crippen LogP contribution in [0.4, 0.5) is 5.69 Å². The molecule has 0 radical (unpaired) electrons. The highest BCUT2D eigenvalue weighted by atomic mass is 35.5. The van der Waals surface area contributed by atoms with Crippen molar-refractivity contribution < 1.29 is 0 Å². The first-order valence-electron chi connectivity index (χ1n) is 9.18. The molecule has 1 aliphatic carbocycles. The third-order valence-corrected chi connectivity index (χ3v) is 5.96. The molecule has 1 N–H and O–H groups in total. The van der Waals surface area contributed by atoms with Gasteiger partial charge in [0.15, 0.2) is 0 Å². The highest BCUT2D eigenvalue weighted by Crippen LogP contribution is 2.52. The van der Waals surface area contributed by atoms with Crippen LogP contribution in [0.5, 0.6) is 0 Å². The Labute approximate surface area is 159 Å². The molecule has 0 aromatic heterocycles. The standard InChI is InChI=1S/C24H20ClN/c25-18-14-12-17(13-15-18)23-21-10-5-9-20(21)22-11-4-8-19(24(22)26-23)16-6-2-1-3-7-16/h1-9,11-15,20-21,23,26H,10H2/t20-,21-,23-/m0/s1. The van der Waals surface area contributed by atoms with Crippen LogP contribution in [0.15, 0.2) is 84.9 Å². The van der Waals surface area contributed by atoms with Crippen LogP contribution in [0.3, 0.4) is 0 Å². The van der Waals surface area contributed by atoms with E-state index < -0.39 is 0 Å². The Balaban J connectivity index is 1.65. The van der Waals surface area contributed by atoms with Crippen LogP contribution < -0.4 is 5.32 Å². The number of hydrogen-bond acceptors (Lipinski definition) is 1. The summed E-state index contributed by atoms with van der Waals surface area (Å²) in [6.45, 7) is 0. The van der Waals surface area contributed by atoms with E-state index in [9.17, 15) is 0 Å². The van der Waals surface area contributed by atoms with Crippen molar-refractivity contribution in [1.29, 1.82) is 0 Å². The van der Waals surface area contributed by atoms with Gasteiger partial charge in [-0.3, -0.25) is 0 Å². The first kappa shape index (κ1) is 15.7. The van der Waals surface area contributed by atoms with Crippen molar-refractivity contribution in [2.75, 3.05) is 5.32 Å². The minimum Gasteiger partial charge on any atom is -0.377 e. The van der Waals surface area contributed by atoms with Gasteiger partial charge in [0.1, 0.15) is 0 Å². The second-order valence-corrected chi connectivity index (χ2v) is 7.60. The molecule has 0 fully saturated rings. The fourth-order valence-electron chi connectivity index (χ4n) is 4.48. The Bertz CT molecular complexity index is 959. The number of fused-ring (bicyclic) bond motifs is 3. The SMILES string of the molecule is Clc1ccc([C@@H]2Nc3c(-c4ccccc4)cccc3[C@H]3C=CC[C@@H]32)cc1. The van der Waals surface area contributed by atoms with Gasteiger partial charge in [-0.2, -0.15) is 0 Å². The molecular formula is C24H20ClN. The van der Waals surface area contributed by atoms with Crippen molar-refractivity contribution in [2.45, 2.75) is 18.4 Å². The Hall–Kier alpha value is -2.51. The van der Waals surface area contributed by atoms with Gasteiger partial charge in [0.2, 0.25) is 0 Å². The molecule has 26 heavy (non-hydrogen) atoms. The minimum atomic E-state index is 0.296. The Morgan fingerprint density at radius 2 is 1.65 bits per heavy atom. The molecule has 2 heteroatoms. The largest absolute Gasteiger partial charge is 0.377 e. The zero-order valence-corrected chi connectivity index (χ0v) is 15.2. The summed E-state index contributed by atoms with van der Waals surface area (Å²) >= 11 is 6.12. The summed E-state index contributed by atoms with van der Waals surface area (Å²) in [6, 6.07) is 25.9. The fraction of sp³-hybridized carbons (Fsp3) is 0.167. The Kier molecular flexibility index (Phi) is 3.83. The first-order valence-corrected chi connectivity index (χ1v) is 9.56. The van der Waals surface area contributed by atoms with Gasteiger partial charge < -0.3 is 5.32 Å². The van der Waals surface area contributed by atoms with E-state index in [1.54, 1.807) is 0 Å². The lowest BCUT2D eigenvalue weighted by Gasteiger charge is -2.38. The molecule has 0 bridgehead atoms. The van der Waals surface area contributed by atoms with Gasteiger partial charge in [-0.25, -0.2) is 0 Å². The zero-order chi connectivity index (χ0) is 17.5. The molecule has 5 rings (SSSR count). The van der Waals surface area contributed by atoms with E-state index >= 15 is 0 Å². The van der Waals surface area contributed by atoms with Crippen LogP contribution in [-0.4, -0.2) is 0 Å². The van der Waals surface area contributed by atoms with Gasteiger partial charge in [0, 0.05) is 22.2 Å². The Morgan fingerprint density at radius 3 is 2.46 bits per heavy atom. The molecule has 0 saturated heterocycles. The van der Waals surface area contributed by atoms with Crippen molar-refractivity contribution >= 4 is 17.3 Å². The van der Waals surface area contributed by atoms with Gasteiger partial charge in [-0.05, 0) is 41.2 Å². The maximum atomic E-state index is 6.12. The van der Waals surface area contributed by atoms with E-state index in [0.29, 0.717) is 17.9 Å². The Morgan fingerprint density at radius 1 is 0.846 bits per heavy atom. The van der Waals surface area contributed by atoms with Crippen molar-refractivity contribution in [3.8, 4) is 11.1 Å². The van der Waals surface area contributed by atoms with Crippen molar-refractivity contribution in [2.24, 2.45) is 5.92 Å². The number of anilines is 1. The van der Waals surface area contributed by atoms with Crippen molar-refractivity contribution in [3.63, 3.8) is 0 Å². The van der Waals surface area contributed by atoms with Crippen molar-refractivity contribution in [1.82, 2.24) is 0 Å². The maximum absolute atomic E-state index is 6.12. The van der Waals surface area contributed by atoms with Crippen LogP contribution in [0, 0.1) is 5.92 Å². The van der Waals surface area contributed by atoms with Gasteiger partial charge in [0.25, 0.3) is 0 Å². The zero-order valence-electron chi connectivity index (χ0n) is 14.4. The number of benzene rings is 3. The number of nitrogens with one attached hydrogen (secondary N) is 1. The van der Waals surface area contributed by atoms with E-state index in [4.69, 9.17) is 11.6 Å². The number of hydrogen-bond donors (Lipinski definition) is 1. The molecule has 0 saturated carbocycles. The highest BCUT2D eigenvalue weighted by Gasteiger charge is 2.38. The average molecular weight is 358 g/mol. The quantitative estimate of drug-likeness (QED) is 0.495. The molecule has 128 valence electrons. The first-order chi connectivity index (χ1) is 12.8. The summed E-state index contributed by atoms with van der Waals surface area (Å²) < 4.78 is 0. The molecule has 1 nitrogen and oxygen atoms in total. The fourth-order valence-corrected chi connectivity index (χ4v) is 4.61. The van der Waals surface area contributed by atoms with Gasteiger partial charge in [-0.15, -0.1) is 0 Å². The summed E-state index contributed by atoms with van der Waals surface area (Å²) in [5.41, 5.74) is 6.52. The summed E-state index contributed by atoms with van der Waals surface area (Å²) in [5.74, 6) is 1.02. The summed E-state index contributed by atoms with van der Waals surface area (Å²) in [4.78, 5) is 0. The van der Waals surface area contributed by atoms with Crippen LogP contribution in [0.25, 0.3) is 11.1 Å². The molecule has 2 aliphatic rings. The molecule has 1 heterocycles. The van der Waals surface area contributed by atoms with Crippen LogP contribution in [-0.2, 0) is 0 Å². The number of halogens is 1. The number of rotatable bonds is 2. The predicted molar refractivity (Wildman–Crippen MR) is 110 cm³/mol. The van der Waals surface area contributed by atoms with Gasteiger partial charge >= 0.3 is 0 Å². The number of allylic oxidation sites excluding steroid dienone is 2. The summed E-state index contributed by atoms with van der Waals surface area (Å²) in [5, 5.41) is 4.68. The third kappa shape index (κ3) is 2.55. The lowest BCUT2D eigenvalue weighted by atomic mass is 9.76. The van der Waals surface area contributed by atoms with Crippen molar-refractivity contribution in [3.05, 3.63) is 101 Å². The maximum Gasteiger partial charge on any atom is 0.0554 e. The van der Waals surface area contributed by atoms with E-state index in [-0.39, 0.29) is 0 Å². The van der Waals surface area contributed by atoms with Gasteiger partial charge in [-0.1, -0.05) is 84.4 Å². The average Bonchev–Trinajstić information content (AvgIpc) is 3.18. The lowest BCUT2D eigenvalue weighted by Crippen LogP contribution is -2.29. The van der Waals surface area contributed by atoms with E-state index in [2.05, 4.69) is 78.1 Å². The van der Waals surface area contributed by atoms with Gasteiger partial charge in [0.05, 0.1) is 6.04 Å². The molecule has 0 spiro atoms. The molecule has 0 unspecified atom stereocenters. The molecule has 1 aliphatic heterocycles. The molecule has 0 amide bonds. The normalized spacial score (nSPS) is 23.2. The molecule has 3 aromatic rings. The smallest absolute Gasteiger partial charge is 0.0554 e. The summed E-state index contributed by atoms with van der Waals surface area (Å²) in [7, 11) is 0. The summed E-state index contributed by atoms with van der Waals surface area (Å²) in [6.07, 6.45) is 5.84. The third-order valence-electron chi connectivity index (χ3n) is 5.71. The molecular weight excluding hydrogens is 338 g/mol. The monoisotopic (exact) mass is 357 g/mol. The lowest BCUT2D eigenvalue weighted by molar-refractivity contribution is 0.426. The minimum absolute atomic E-state index is 0.296. The van der Waals surface area contributed by atoms with E-state index in [1.807, 2.05) is 12.1 Å². The number of para-hydroxylation sites is 1. The van der Waals surface area contributed by atoms with Crippen LogP contribution in [0.1, 0.15) is 29.5 Å². The highest BCUT2D eigenvalue weighted by molar-refractivity contribution is 6.30. The second-order valence-electron chi connectivity index (χ2n) is 7.16.